The van der Waals surface area contributed by atoms with E-state index in [4.69, 9.17) is 11.6 Å². The Morgan fingerprint density at radius 2 is 2.14 bits per heavy atom. The van der Waals surface area contributed by atoms with E-state index in [0.29, 0.717) is 17.5 Å². The number of aryl methyl sites for hydroxylation is 1. The number of hydrogen-bond donors (Lipinski definition) is 0. The van der Waals surface area contributed by atoms with E-state index in [2.05, 4.69) is 0 Å². The van der Waals surface area contributed by atoms with E-state index in [9.17, 15) is 9.18 Å². The van der Waals surface area contributed by atoms with Crippen LogP contribution in [0.1, 0.15) is 35.7 Å². The van der Waals surface area contributed by atoms with Crippen LogP contribution in [0.5, 0.6) is 0 Å². The smallest absolute Gasteiger partial charge is 0.164 e. The first kappa shape index (κ1) is 11.2. The van der Waals surface area contributed by atoms with Gasteiger partial charge >= 0.3 is 0 Å². The third kappa shape index (κ3) is 2.32. The van der Waals surface area contributed by atoms with Crippen molar-refractivity contribution in [3.05, 3.63) is 34.1 Å². The van der Waals surface area contributed by atoms with Crippen LogP contribution in [-0.2, 0) is 0 Å². The van der Waals surface area contributed by atoms with Crippen molar-refractivity contribution in [1.29, 1.82) is 0 Å². The highest BCUT2D eigenvalue weighted by atomic mass is 35.5. The summed E-state index contributed by atoms with van der Waals surface area (Å²) in [7, 11) is 0. The van der Waals surface area contributed by atoms with Gasteiger partial charge in [-0.05, 0) is 31.0 Å². The highest BCUT2D eigenvalue weighted by Crippen LogP contribution is 2.22. The monoisotopic (exact) mass is 214 g/mol. The Morgan fingerprint density at radius 3 is 2.71 bits per heavy atom. The molecule has 0 aliphatic carbocycles. The van der Waals surface area contributed by atoms with Gasteiger partial charge in [0.1, 0.15) is 5.82 Å². The molecule has 0 saturated carbocycles. The number of carbonyl (C=O) groups is 1. The van der Waals surface area contributed by atoms with Gasteiger partial charge in [-0.1, -0.05) is 18.5 Å². The molecule has 0 radical (unpaired) electrons. The molecule has 14 heavy (non-hydrogen) atoms. The van der Waals surface area contributed by atoms with Crippen LogP contribution in [0.3, 0.4) is 0 Å². The van der Waals surface area contributed by atoms with Gasteiger partial charge < -0.3 is 0 Å². The lowest BCUT2D eigenvalue weighted by Gasteiger charge is -2.04. The summed E-state index contributed by atoms with van der Waals surface area (Å²) < 4.78 is 13.0. The highest BCUT2D eigenvalue weighted by Gasteiger charge is 2.11. The molecule has 0 unspecified atom stereocenters. The molecule has 0 N–H and O–H groups in total. The third-order valence-corrected chi connectivity index (χ3v) is 2.34. The average molecular weight is 215 g/mol. The van der Waals surface area contributed by atoms with Crippen LogP contribution >= 0.6 is 11.6 Å². The van der Waals surface area contributed by atoms with Gasteiger partial charge in [-0.3, -0.25) is 4.79 Å². The first-order valence-electron chi connectivity index (χ1n) is 4.55. The number of carbonyl (C=O) groups excluding carboxylic acids is 1. The molecule has 0 aliphatic rings. The minimum atomic E-state index is -0.372. The molecule has 0 bridgehead atoms. The molecular weight excluding hydrogens is 203 g/mol. The lowest BCUT2D eigenvalue weighted by atomic mass is 10.0. The zero-order valence-electron chi connectivity index (χ0n) is 8.23. The van der Waals surface area contributed by atoms with Crippen molar-refractivity contribution in [3.63, 3.8) is 0 Å². The first-order chi connectivity index (χ1) is 6.56. The molecule has 76 valence electrons. The summed E-state index contributed by atoms with van der Waals surface area (Å²) in [4.78, 5) is 11.5. The number of halogens is 2. The molecule has 1 rings (SSSR count). The molecule has 1 nitrogen and oxygen atoms in total. The molecule has 0 aromatic heterocycles. The maximum Gasteiger partial charge on any atom is 0.164 e. The maximum atomic E-state index is 13.0. The third-order valence-electron chi connectivity index (χ3n) is 2.03. The number of hydrogen-bond acceptors (Lipinski definition) is 1. The second-order valence-electron chi connectivity index (χ2n) is 3.25. The Labute approximate surface area is 87.9 Å². The van der Waals surface area contributed by atoms with E-state index in [1.807, 2.05) is 6.92 Å². The number of benzene rings is 1. The molecule has 0 atom stereocenters. The van der Waals surface area contributed by atoms with Crippen LogP contribution in [-0.4, -0.2) is 5.78 Å². The fraction of sp³-hybridized carbons (Fsp3) is 0.364. The van der Waals surface area contributed by atoms with Crippen molar-refractivity contribution in [1.82, 2.24) is 0 Å². The Hall–Kier alpha value is -0.890. The molecule has 0 spiro atoms. The van der Waals surface area contributed by atoms with Crippen molar-refractivity contribution >= 4 is 17.4 Å². The van der Waals surface area contributed by atoms with Crippen LogP contribution in [0.2, 0.25) is 5.02 Å². The van der Waals surface area contributed by atoms with Gasteiger partial charge in [-0.15, -0.1) is 0 Å². The van der Waals surface area contributed by atoms with Crippen molar-refractivity contribution < 1.29 is 9.18 Å². The topological polar surface area (TPSA) is 17.1 Å². The largest absolute Gasteiger partial charge is 0.294 e. The summed E-state index contributed by atoms with van der Waals surface area (Å²) in [5, 5.41) is 0.201. The van der Waals surface area contributed by atoms with E-state index >= 15 is 0 Å². The molecule has 0 amide bonds. The summed E-state index contributed by atoms with van der Waals surface area (Å²) in [6, 6.07) is 2.70. The molecule has 0 aliphatic heterocycles. The van der Waals surface area contributed by atoms with Gasteiger partial charge in [0, 0.05) is 12.0 Å². The maximum absolute atomic E-state index is 13.0. The zero-order chi connectivity index (χ0) is 10.7. The summed E-state index contributed by atoms with van der Waals surface area (Å²) in [5.41, 5.74) is 0.876. The molecular formula is C11H12ClFO. The van der Waals surface area contributed by atoms with Crippen LogP contribution < -0.4 is 0 Å². The van der Waals surface area contributed by atoms with E-state index in [0.717, 1.165) is 6.42 Å². The fourth-order valence-electron chi connectivity index (χ4n) is 1.23. The van der Waals surface area contributed by atoms with Gasteiger partial charge in [0.05, 0.1) is 5.02 Å². The van der Waals surface area contributed by atoms with Gasteiger partial charge in [-0.25, -0.2) is 4.39 Å². The van der Waals surface area contributed by atoms with Crippen molar-refractivity contribution in [3.8, 4) is 0 Å². The molecule has 3 heteroatoms. The summed E-state index contributed by atoms with van der Waals surface area (Å²) in [6.45, 7) is 3.54. The van der Waals surface area contributed by atoms with Gasteiger partial charge in [0.2, 0.25) is 0 Å². The molecule has 1 aromatic rings. The minimum Gasteiger partial charge on any atom is -0.294 e. The number of rotatable bonds is 3. The summed E-state index contributed by atoms with van der Waals surface area (Å²) in [5.74, 6) is -0.399. The highest BCUT2D eigenvalue weighted by molar-refractivity contribution is 6.34. The predicted octanol–water partition coefficient (Wildman–Crippen LogP) is 3.77. The number of Topliss-reactive ketones (excluding diaryl/α,β-unsaturated/α-hetero) is 1. The Bertz CT molecular complexity index is 361. The summed E-state index contributed by atoms with van der Waals surface area (Å²) >= 11 is 5.77. The lowest BCUT2D eigenvalue weighted by molar-refractivity contribution is 0.0982. The van der Waals surface area contributed by atoms with Crippen LogP contribution in [0.4, 0.5) is 4.39 Å². The standard InChI is InChI=1S/C11H12ClFO/c1-3-4-11(14)8-5-7(2)10(13)6-9(8)12/h5-6H,3-4H2,1-2H3. The van der Waals surface area contributed by atoms with E-state index in [1.165, 1.54) is 12.1 Å². The van der Waals surface area contributed by atoms with Crippen LogP contribution in [0.25, 0.3) is 0 Å². The molecule has 0 fully saturated rings. The quantitative estimate of drug-likeness (QED) is 0.700. The Balaban J connectivity index is 3.09. The van der Waals surface area contributed by atoms with Gasteiger partial charge in [0.15, 0.2) is 5.78 Å². The minimum absolute atomic E-state index is 0.0272. The van der Waals surface area contributed by atoms with Crippen molar-refractivity contribution in [2.24, 2.45) is 0 Å². The van der Waals surface area contributed by atoms with Gasteiger partial charge in [0.25, 0.3) is 0 Å². The predicted molar refractivity (Wildman–Crippen MR) is 55.4 cm³/mol. The molecule has 0 heterocycles. The lowest BCUT2D eigenvalue weighted by Crippen LogP contribution is -2.00. The second kappa shape index (κ2) is 4.56. The average Bonchev–Trinajstić information content (AvgIpc) is 2.11. The SMILES string of the molecule is CCCC(=O)c1cc(C)c(F)cc1Cl. The number of ketones is 1. The molecule has 1 aromatic carbocycles. The Morgan fingerprint density at radius 1 is 1.50 bits per heavy atom. The zero-order valence-corrected chi connectivity index (χ0v) is 8.99. The van der Waals surface area contributed by atoms with E-state index in [1.54, 1.807) is 6.92 Å². The normalized spacial score (nSPS) is 10.3. The first-order valence-corrected chi connectivity index (χ1v) is 4.93. The van der Waals surface area contributed by atoms with Crippen LogP contribution in [0, 0.1) is 12.7 Å². The molecule has 0 saturated heterocycles. The van der Waals surface area contributed by atoms with Crippen LogP contribution in [0.15, 0.2) is 12.1 Å². The van der Waals surface area contributed by atoms with Crippen molar-refractivity contribution in [2.75, 3.05) is 0 Å². The fourth-order valence-corrected chi connectivity index (χ4v) is 1.49. The van der Waals surface area contributed by atoms with E-state index < -0.39 is 0 Å². The Kier molecular flexibility index (Phi) is 3.64. The van der Waals surface area contributed by atoms with Gasteiger partial charge in [-0.2, -0.15) is 0 Å². The second-order valence-corrected chi connectivity index (χ2v) is 3.66. The van der Waals surface area contributed by atoms with E-state index in [-0.39, 0.29) is 16.6 Å². The summed E-state index contributed by atoms with van der Waals surface area (Å²) in [6.07, 6.45) is 1.22. The van der Waals surface area contributed by atoms with Crippen molar-refractivity contribution in [2.45, 2.75) is 26.7 Å².